The van der Waals surface area contributed by atoms with Crippen LogP contribution in [-0.2, 0) is 17.6 Å². The van der Waals surface area contributed by atoms with Gasteiger partial charge >= 0.3 is 0 Å². The highest BCUT2D eigenvalue weighted by atomic mass is 35.5. The molecule has 0 unspecified atom stereocenters. The maximum absolute atomic E-state index is 12.9. The number of para-hydroxylation sites is 1. The molecule has 4 rings (SSSR count). The lowest BCUT2D eigenvalue weighted by atomic mass is 10.0. The average Bonchev–Trinajstić information content (AvgIpc) is 3.28. The molecule has 0 saturated carbocycles. The molecule has 1 aromatic heterocycles. The van der Waals surface area contributed by atoms with Crippen LogP contribution in [0.15, 0.2) is 59.8 Å². The fourth-order valence-electron chi connectivity index (χ4n) is 4.12. The molecule has 3 aromatic carbocycles. The van der Waals surface area contributed by atoms with E-state index in [1.165, 1.54) is 22.9 Å². The van der Waals surface area contributed by atoms with Crippen LogP contribution in [0.4, 0.5) is 5.69 Å². The van der Waals surface area contributed by atoms with Gasteiger partial charge in [-0.05, 0) is 73.2 Å². The van der Waals surface area contributed by atoms with E-state index >= 15 is 0 Å². The first kappa shape index (κ1) is 26.3. The summed E-state index contributed by atoms with van der Waals surface area (Å²) in [5.41, 5.74) is 7.11. The summed E-state index contributed by atoms with van der Waals surface area (Å²) in [6, 6.07) is 17.5. The Bertz CT molecular complexity index is 1390. The number of benzene rings is 3. The molecule has 8 heteroatoms. The first-order valence-electron chi connectivity index (χ1n) is 11.8. The van der Waals surface area contributed by atoms with Gasteiger partial charge in [-0.2, -0.15) is 0 Å². The maximum Gasteiger partial charge on any atom is 0.234 e. The summed E-state index contributed by atoms with van der Waals surface area (Å²) in [5.74, 6) is 0.703. The Morgan fingerprint density at radius 2 is 1.67 bits per heavy atom. The molecule has 0 aliphatic rings. The van der Waals surface area contributed by atoms with E-state index in [1.807, 2.05) is 42.7 Å². The molecule has 0 saturated heterocycles. The lowest BCUT2D eigenvalue weighted by molar-refractivity contribution is -0.113. The second kappa shape index (κ2) is 11.5. The molecule has 0 bridgehead atoms. The summed E-state index contributed by atoms with van der Waals surface area (Å²) >= 11 is 14.1. The van der Waals surface area contributed by atoms with Crippen molar-refractivity contribution in [1.29, 1.82) is 0 Å². The molecular weight excluding hydrogens is 511 g/mol. The molecular formula is C28H28Cl2N4OS. The Hall–Kier alpha value is -2.80. The maximum atomic E-state index is 12.9. The highest BCUT2D eigenvalue weighted by Gasteiger charge is 2.22. The van der Waals surface area contributed by atoms with Crippen LogP contribution >= 0.6 is 35.0 Å². The zero-order valence-corrected chi connectivity index (χ0v) is 23.1. The lowest BCUT2D eigenvalue weighted by Crippen LogP contribution is -2.16. The fourth-order valence-corrected chi connectivity index (χ4v) is 5.35. The van der Waals surface area contributed by atoms with Gasteiger partial charge in [0.1, 0.15) is 0 Å². The number of aromatic nitrogens is 3. The van der Waals surface area contributed by atoms with E-state index in [-0.39, 0.29) is 11.7 Å². The third-order valence-corrected chi connectivity index (χ3v) is 7.68. The Morgan fingerprint density at radius 3 is 2.33 bits per heavy atom. The van der Waals surface area contributed by atoms with E-state index in [2.05, 4.69) is 47.6 Å². The second-order valence-corrected chi connectivity index (χ2v) is 10.3. The van der Waals surface area contributed by atoms with Gasteiger partial charge in [-0.3, -0.25) is 9.36 Å². The van der Waals surface area contributed by atoms with Crippen molar-refractivity contribution in [2.24, 2.45) is 0 Å². The predicted octanol–water partition coefficient (Wildman–Crippen LogP) is 7.71. The quantitative estimate of drug-likeness (QED) is 0.233. The summed E-state index contributed by atoms with van der Waals surface area (Å²) in [5, 5.41) is 13.7. The topological polar surface area (TPSA) is 59.8 Å². The van der Waals surface area contributed by atoms with Crippen molar-refractivity contribution in [2.45, 2.75) is 45.7 Å². The minimum absolute atomic E-state index is 0.103. The van der Waals surface area contributed by atoms with Gasteiger partial charge in [0.05, 0.1) is 16.5 Å². The van der Waals surface area contributed by atoms with Gasteiger partial charge in [-0.15, -0.1) is 10.2 Å². The molecule has 0 spiro atoms. The fraction of sp³-hybridized carbons (Fsp3) is 0.250. The van der Waals surface area contributed by atoms with Gasteiger partial charge in [0, 0.05) is 16.3 Å². The summed E-state index contributed by atoms with van der Waals surface area (Å²) in [7, 11) is 0. The number of rotatable bonds is 8. The van der Waals surface area contributed by atoms with Gasteiger partial charge in [-0.1, -0.05) is 79.1 Å². The molecule has 1 amide bonds. The standard InChI is InChI=1S/C28H28Cl2N4OS/c1-5-19-10-8-11-20(6-2)26(19)34-27(22-14-13-21(29)15-23(22)30)32-33-28(34)36-16-25(35)31-24-12-7-9-17(3)18(24)4/h7-15H,5-6,16H2,1-4H3,(H,31,35). The smallest absolute Gasteiger partial charge is 0.234 e. The van der Waals surface area contributed by atoms with Crippen molar-refractivity contribution < 1.29 is 4.79 Å². The number of nitrogens with zero attached hydrogens (tertiary/aromatic N) is 3. The molecule has 0 aliphatic carbocycles. The van der Waals surface area contributed by atoms with Crippen molar-refractivity contribution >= 4 is 46.6 Å². The molecule has 36 heavy (non-hydrogen) atoms. The number of carbonyl (C=O) groups is 1. The zero-order chi connectivity index (χ0) is 25.8. The first-order valence-corrected chi connectivity index (χ1v) is 13.6. The number of anilines is 1. The molecule has 0 atom stereocenters. The highest BCUT2D eigenvalue weighted by Crippen LogP contribution is 2.36. The normalized spacial score (nSPS) is 11.1. The molecule has 0 fully saturated rings. The predicted molar refractivity (Wildman–Crippen MR) is 151 cm³/mol. The second-order valence-electron chi connectivity index (χ2n) is 8.48. The van der Waals surface area contributed by atoms with E-state index < -0.39 is 0 Å². The van der Waals surface area contributed by atoms with E-state index in [9.17, 15) is 4.79 Å². The van der Waals surface area contributed by atoms with Crippen molar-refractivity contribution in [3.8, 4) is 17.1 Å². The van der Waals surface area contributed by atoms with Crippen molar-refractivity contribution in [2.75, 3.05) is 11.1 Å². The highest BCUT2D eigenvalue weighted by molar-refractivity contribution is 7.99. The molecule has 0 aliphatic heterocycles. The minimum Gasteiger partial charge on any atom is -0.325 e. The molecule has 186 valence electrons. The zero-order valence-electron chi connectivity index (χ0n) is 20.7. The van der Waals surface area contributed by atoms with Gasteiger partial charge < -0.3 is 5.32 Å². The van der Waals surface area contributed by atoms with Gasteiger partial charge in [0.15, 0.2) is 11.0 Å². The van der Waals surface area contributed by atoms with Crippen LogP contribution in [-0.4, -0.2) is 26.4 Å². The SMILES string of the molecule is CCc1cccc(CC)c1-n1c(SCC(=O)Nc2cccc(C)c2C)nnc1-c1ccc(Cl)cc1Cl. The molecule has 0 radical (unpaired) electrons. The molecule has 1 heterocycles. The van der Waals surface area contributed by atoms with Crippen LogP contribution in [0.5, 0.6) is 0 Å². The number of amides is 1. The molecule has 5 nitrogen and oxygen atoms in total. The van der Waals surface area contributed by atoms with Gasteiger partial charge in [0.2, 0.25) is 5.91 Å². The van der Waals surface area contributed by atoms with E-state index in [0.717, 1.165) is 40.9 Å². The number of hydrogen-bond donors (Lipinski definition) is 1. The molecule has 4 aromatic rings. The van der Waals surface area contributed by atoms with Crippen molar-refractivity contribution in [3.63, 3.8) is 0 Å². The van der Waals surface area contributed by atoms with Crippen LogP contribution in [0.1, 0.15) is 36.1 Å². The third-order valence-electron chi connectivity index (χ3n) is 6.21. The Balaban J connectivity index is 1.74. The Labute approximate surface area is 226 Å². The van der Waals surface area contributed by atoms with Crippen molar-refractivity contribution in [3.05, 3.63) is 86.9 Å². The third kappa shape index (κ3) is 5.46. The summed E-state index contributed by atoms with van der Waals surface area (Å²) in [4.78, 5) is 12.9. The number of hydrogen-bond acceptors (Lipinski definition) is 4. The number of nitrogens with one attached hydrogen (secondary N) is 1. The summed E-state index contributed by atoms with van der Waals surface area (Å²) in [6.45, 7) is 8.29. The van der Waals surface area contributed by atoms with Gasteiger partial charge in [-0.25, -0.2) is 0 Å². The van der Waals surface area contributed by atoms with E-state index in [0.29, 0.717) is 21.0 Å². The number of carbonyl (C=O) groups excluding carboxylic acids is 1. The van der Waals surface area contributed by atoms with Crippen molar-refractivity contribution in [1.82, 2.24) is 14.8 Å². The number of aryl methyl sites for hydroxylation is 3. The monoisotopic (exact) mass is 538 g/mol. The largest absolute Gasteiger partial charge is 0.325 e. The number of halogens is 2. The minimum atomic E-state index is -0.103. The van der Waals surface area contributed by atoms with Crippen LogP contribution in [0.2, 0.25) is 10.0 Å². The Morgan fingerprint density at radius 1 is 0.972 bits per heavy atom. The van der Waals surface area contributed by atoms with Crippen LogP contribution in [0.25, 0.3) is 17.1 Å². The lowest BCUT2D eigenvalue weighted by Gasteiger charge is -2.18. The van der Waals surface area contributed by atoms with Crippen LogP contribution in [0.3, 0.4) is 0 Å². The van der Waals surface area contributed by atoms with Crippen LogP contribution in [0, 0.1) is 13.8 Å². The Kier molecular flexibility index (Phi) is 8.39. The van der Waals surface area contributed by atoms with E-state index in [4.69, 9.17) is 23.2 Å². The van der Waals surface area contributed by atoms with Crippen LogP contribution < -0.4 is 5.32 Å². The average molecular weight is 540 g/mol. The first-order chi connectivity index (χ1) is 17.3. The summed E-state index contributed by atoms with van der Waals surface area (Å²) in [6.07, 6.45) is 1.68. The molecule has 1 N–H and O–H groups in total. The van der Waals surface area contributed by atoms with E-state index in [1.54, 1.807) is 12.1 Å². The summed E-state index contributed by atoms with van der Waals surface area (Å²) < 4.78 is 2.03. The van der Waals surface area contributed by atoms with Gasteiger partial charge in [0.25, 0.3) is 0 Å². The number of thioether (sulfide) groups is 1.